The lowest BCUT2D eigenvalue weighted by molar-refractivity contribution is -0.132. The quantitative estimate of drug-likeness (QED) is 0.487. The molecule has 0 bridgehead atoms. The zero-order valence-electron chi connectivity index (χ0n) is 18.3. The van der Waals surface area contributed by atoms with Gasteiger partial charge in [0.15, 0.2) is 0 Å². The number of anilines is 1. The first-order valence-corrected chi connectivity index (χ1v) is 12.2. The molecule has 0 spiro atoms. The molecule has 3 aromatic rings. The molecule has 0 radical (unpaired) electrons. The van der Waals surface area contributed by atoms with Crippen molar-refractivity contribution in [3.8, 4) is 0 Å². The molecular weight excluding hydrogens is 456 g/mol. The number of nitrogens with one attached hydrogen (secondary N) is 2. The minimum atomic E-state index is -3.72. The van der Waals surface area contributed by atoms with Gasteiger partial charge in [-0.15, -0.1) is 0 Å². The molecule has 34 heavy (non-hydrogen) atoms. The number of hydrazone groups is 1. The predicted molar refractivity (Wildman–Crippen MR) is 126 cm³/mol. The maximum Gasteiger partial charge on any atom is 0.243 e. The van der Waals surface area contributed by atoms with Crippen molar-refractivity contribution >= 4 is 33.2 Å². The molecule has 2 N–H and O–H groups in total. The number of carbonyl (C=O) groups excluding carboxylic acids is 2. The van der Waals surface area contributed by atoms with Crippen LogP contribution < -0.4 is 10.0 Å². The third kappa shape index (κ3) is 5.97. The number of sulfonamides is 1. The number of nitrogens with zero attached hydrogens (tertiary/aromatic N) is 2. The summed E-state index contributed by atoms with van der Waals surface area (Å²) in [7, 11) is -3.72. The average Bonchev–Trinajstić information content (AvgIpc) is 3.55. The Morgan fingerprint density at radius 1 is 0.971 bits per heavy atom. The van der Waals surface area contributed by atoms with Crippen LogP contribution >= 0.6 is 0 Å². The van der Waals surface area contributed by atoms with E-state index in [1.165, 1.54) is 35.5 Å². The van der Waals surface area contributed by atoms with Crippen molar-refractivity contribution in [3.63, 3.8) is 0 Å². The molecule has 2 aromatic carbocycles. The first-order chi connectivity index (χ1) is 16.4. The first kappa shape index (κ1) is 23.4. The minimum absolute atomic E-state index is 0.00369. The lowest BCUT2D eigenvalue weighted by atomic mass is 10.1. The molecule has 0 saturated heterocycles. The lowest BCUT2D eigenvalue weighted by Crippen LogP contribution is -2.25. The molecule has 2 heterocycles. The Labute approximate surface area is 197 Å². The van der Waals surface area contributed by atoms with Crippen molar-refractivity contribution in [3.05, 3.63) is 84.3 Å². The Morgan fingerprint density at radius 2 is 1.74 bits per heavy atom. The Bertz CT molecular complexity index is 1270. The molecule has 1 aromatic heterocycles. The molecule has 176 valence electrons. The summed E-state index contributed by atoms with van der Waals surface area (Å²) < 4.78 is 32.3. The smallest absolute Gasteiger partial charge is 0.243 e. The third-order valence-electron chi connectivity index (χ3n) is 5.23. The molecule has 10 heteroatoms. The van der Waals surface area contributed by atoms with Crippen molar-refractivity contribution in [2.75, 3.05) is 11.9 Å². The molecule has 0 saturated carbocycles. The van der Waals surface area contributed by atoms with Crippen LogP contribution in [0.3, 0.4) is 0 Å². The van der Waals surface area contributed by atoms with E-state index in [-0.39, 0.29) is 36.1 Å². The highest BCUT2D eigenvalue weighted by Gasteiger charge is 2.22. The van der Waals surface area contributed by atoms with Gasteiger partial charge in [-0.05, 0) is 42.0 Å². The van der Waals surface area contributed by atoms with Crippen molar-refractivity contribution in [2.45, 2.75) is 30.7 Å². The largest absolute Gasteiger partial charge is 0.468 e. The second-order valence-electron chi connectivity index (χ2n) is 7.66. The van der Waals surface area contributed by atoms with Crippen molar-refractivity contribution in [2.24, 2.45) is 5.10 Å². The maximum atomic E-state index is 12.4. The van der Waals surface area contributed by atoms with Gasteiger partial charge in [0, 0.05) is 24.9 Å². The molecule has 2 amide bonds. The normalized spacial score (nSPS) is 13.5. The molecule has 0 unspecified atom stereocenters. The van der Waals surface area contributed by atoms with Crippen molar-refractivity contribution in [1.29, 1.82) is 0 Å². The van der Waals surface area contributed by atoms with Gasteiger partial charge in [-0.1, -0.05) is 30.3 Å². The summed E-state index contributed by atoms with van der Waals surface area (Å²) in [5.74, 6) is -0.0607. The second-order valence-corrected chi connectivity index (χ2v) is 9.42. The molecular formula is C24H24N4O5S. The van der Waals surface area contributed by atoms with E-state index >= 15 is 0 Å². The summed E-state index contributed by atoms with van der Waals surface area (Å²) in [5, 5.41) is 8.47. The van der Waals surface area contributed by atoms with Gasteiger partial charge < -0.3 is 9.73 Å². The molecule has 0 aliphatic carbocycles. The Morgan fingerprint density at radius 3 is 2.44 bits per heavy atom. The van der Waals surface area contributed by atoms with E-state index in [4.69, 9.17) is 4.42 Å². The fourth-order valence-electron chi connectivity index (χ4n) is 3.42. The van der Waals surface area contributed by atoms with Crippen LogP contribution in [0.5, 0.6) is 0 Å². The maximum absolute atomic E-state index is 12.4. The summed E-state index contributed by atoms with van der Waals surface area (Å²) in [6, 6.07) is 18.8. The Hall–Kier alpha value is -3.76. The van der Waals surface area contributed by atoms with Crippen LogP contribution in [0.2, 0.25) is 0 Å². The SMILES string of the molecule is O=C(CCC(=O)N1CCC(c2ccccc2)=N1)Nc1ccc(S(=O)(=O)NCc2ccco2)cc1. The van der Waals surface area contributed by atoms with E-state index in [0.29, 0.717) is 24.4 Å². The van der Waals surface area contributed by atoms with E-state index < -0.39 is 10.0 Å². The molecule has 4 rings (SSSR count). The zero-order valence-corrected chi connectivity index (χ0v) is 19.1. The van der Waals surface area contributed by atoms with E-state index in [0.717, 1.165) is 11.3 Å². The predicted octanol–water partition coefficient (Wildman–Crippen LogP) is 3.11. The fraction of sp³-hybridized carbons (Fsp3) is 0.208. The summed E-state index contributed by atoms with van der Waals surface area (Å²) in [5.41, 5.74) is 2.28. The van der Waals surface area contributed by atoms with Crippen LogP contribution in [-0.2, 0) is 26.2 Å². The standard InChI is InChI=1S/C24H24N4O5S/c29-23(12-13-24(30)28-15-14-22(27-28)18-5-2-1-3-6-18)26-19-8-10-21(11-9-19)34(31,32)25-17-20-7-4-16-33-20/h1-11,16,25H,12-15,17H2,(H,26,29). The number of carbonyl (C=O) groups is 2. The fourth-order valence-corrected chi connectivity index (χ4v) is 4.42. The van der Waals surface area contributed by atoms with Crippen LogP contribution in [0.15, 0.2) is 87.4 Å². The molecule has 0 fully saturated rings. The van der Waals surface area contributed by atoms with Crippen molar-refractivity contribution in [1.82, 2.24) is 9.73 Å². The topological polar surface area (TPSA) is 121 Å². The van der Waals surface area contributed by atoms with E-state index in [2.05, 4.69) is 15.1 Å². The first-order valence-electron chi connectivity index (χ1n) is 10.8. The van der Waals surface area contributed by atoms with Gasteiger partial charge in [0.2, 0.25) is 21.8 Å². The monoisotopic (exact) mass is 480 g/mol. The van der Waals surface area contributed by atoms with E-state index in [1.54, 1.807) is 12.1 Å². The van der Waals surface area contributed by atoms with Gasteiger partial charge in [-0.25, -0.2) is 18.1 Å². The van der Waals surface area contributed by atoms with E-state index in [9.17, 15) is 18.0 Å². The number of amides is 2. The van der Waals surface area contributed by atoms with Crippen LogP contribution in [0, 0.1) is 0 Å². The number of hydrogen-bond acceptors (Lipinski definition) is 6. The Kier molecular flexibility index (Phi) is 7.19. The second kappa shape index (κ2) is 10.4. The van der Waals surface area contributed by atoms with Gasteiger partial charge in [0.05, 0.1) is 30.0 Å². The van der Waals surface area contributed by atoms with Crippen LogP contribution in [0.1, 0.15) is 30.6 Å². The number of furan rings is 1. The van der Waals surface area contributed by atoms with Crippen LogP contribution in [0.25, 0.3) is 0 Å². The molecule has 1 aliphatic heterocycles. The minimum Gasteiger partial charge on any atom is -0.468 e. The van der Waals surface area contributed by atoms with Crippen LogP contribution in [0.4, 0.5) is 5.69 Å². The molecule has 0 atom stereocenters. The molecule has 1 aliphatic rings. The lowest BCUT2D eigenvalue weighted by Gasteiger charge is -2.11. The van der Waals surface area contributed by atoms with Gasteiger partial charge in [-0.3, -0.25) is 9.59 Å². The average molecular weight is 481 g/mol. The van der Waals surface area contributed by atoms with Crippen LogP contribution in [-0.4, -0.2) is 37.5 Å². The third-order valence-corrected chi connectivity index (χ3v) is 6.64. The zero-order chi connectivity index (χ0) is 24.0. The summed E-state index contributed by atoms with van der Waals surface area (Å²) in [4.78, 5) is 24.8. The Balaban J connectivity index is 1.25. The van der Waals surface area contributed by atoms with E-state index in [1.807, 2.05) is 30.3 Å². The number of rotatable bonds is 9. The summed E-state index contributed by atoms with van der Waals surface area (Å²) in [6.07, 6.45) is 2.17. The van der Waals surface area contributed by atoms with Gasteiger partial charge in [0.1, 0.15) is 5.76 Å². The highest BCUT2D eigenvalue weighted by molar-refractivity contribution is 7.89. The van der Waals surface area contributed by atoms with Gasteiger partial charge in [0.25, 0.3) is 0 Å². The summed E-state index contributed by atoms with van der Waals surface area (Å²) >= 11 is 0. The highest BCUT2D eigenvalue weighted by Crippen LogP contribution is 2.17. The molecule has 9 nitrogen and oxygen atoms in total. The number of hydrogen-bond donors (Lipinski definition) is 2. The highest BCUT2D eigenvalue weighted by atomic mass is 32.2. The number of benzene rings is 2. The van der Waals surface area contributed by atoms with Gasteiger partial charge in [-0.2, -0.15) is 5.10 Å². The summed E-state index contributed by atoms with van der Waals surface area (Å²) in [6.45, 7) is 0.532. The van der Waals surface area contributed by atoms with Gasteiger partial charge >= 0.3 is 0 Å². The van der Waals surface area contributed by atoms with Crippen molar-refractivity contribution < 1.29 is 22.4 Å².